The zero-order chi connectivity index (χ0) is 12.9. The first kappa shape index (κ1) is 16.4. The Labute approximate surface area is 105 Å². The molecule has 1 amide bonds. The zero-order valence-electron chi connectivity index (χ0n) is 11.1. The van der Waals surface area contributed by atoms with Gasteiger partial charge in [0, 0.05) is 19.6 Å². The number of nitrogens with two attached hydrogens (primary N) is 1. The molecule has 0 aliphatic heterocycles. The van der Waals surface area contributed by atoms with E-state index < -0.39 is 0 Å². The van der Waals surface area contributed by atoms with Crippen LogP contribution >= 0.6 is 0 Å². The van der Waals surface area contributed by atoms with Gasteiger partial charge in [-0.15, -0.1) is 0 Å². The molecule has 1 unspecified atom stereocenters. The number of amides is 1. The van der Waals surface area contributed by atoms with E-state index in [0.29, 0.717) is 18.9 Å². The molecule has 4 N–H and O–H groups in total. The van der Waals surface area contributed by atoms with Crippen LogP contribution in [0.3, 0.4) is 0 Å². The van der Waals surface area contributed by atoms with Crippen molar-refractivity contribution in [1.82, 2.24) is 5.32 Å². The Morgan fingerprint density at radius 1 is 1.24 bits per heavy atom. The van der Waals surface area contributed by atoms with Crippen LogP contribution in [0.2, 0.25) is 0 Å². The van der Waals surface area contributed by atoms with Crippen molar-refractivity contribution in [3.8, 4) is 0 Å². The Hall–Kier alpha value is -0.610. The zero-order valence-corrected chi connectivity index (χ0v) is 11.1. The van der Waals surface area contributed by atoms with Gasteiger partial charge in [-0.3, -0.25) is 4.79 Å². The maximum Gasteiger partial charge on any atom is 0.220 e. The third kappa shape index (κ3) is 11.6. The minimum Gasteiger partial charge on any atom is -0.396 e. The van der Waals surface area contributed by atoms with Gasteiger partial charge in [0.15, 0.2) is 0 Å². The number of hydrogen-bond acceptors (Lipinski definition) is 3. The number of rotatable bonds is 11. The van der Waals surface area contributed by atoms with Gasteiger partial charge in [-0.2, -0.15) is 0 Å². The van der Waals surface area contributed by atoms with E-state index in [9.17, 15) is 4.79 Å². The monoisotopic (exact) mass is 244 g/mol. The molecule has 1 atom stereocenters. The minimum absolute atomic E-state index is 0.149. The fourth-order valence-electron chi connectivity index (χ4n) is 1.71. The molecule has 0 aromatic rings. The van der Waals surface area contributed by atoms with E-state index in [1.165, 1.54) is 0 Å². The molecular weight excluding hydrogens is 216 g/mol. The standard InChI is InChI=1S/C13H28N2O2/c1-12(8-9-14)6-7-13(17)15-10-4-2-3-5-11-16/h12,16H,2-11,14H2,1H3,(H,15,17). The summed E-state index contributed by atoms with van der Waals surface area (Å²) in [6.07, 6.45) is 6.51. The van der Waals surface area contributed by atoms with Crippen molar-refractivity contribution in [2.24, 2.45) is 11.7 Å². The lowest BCUT2D eigenvalue weighted by molar-refractivity contribution is -0.121. The largest absolute Gasteiger partial charge is 0.396 e. The van der Waals surface area contributed by atoms with Crippen molar-refractivity contribution in [2.75, 3.05) is 19.7 Å². The molecule has 17 heavy (non-hydrogen) atoms. The molecule has 4 nitrogen and oxygen atoms in total. The number of carbonyl (C=O) groups is 1. The van der Waals surface area contributed by atoms with Crippen LogP contribution in [0.5, 0.6) is 0 Å². The van der Waals surface area contributed by atoms with Gasteiger partial charge in [0.25, 0.3) is 0 Å². The number of nitrogens with one attached hydrogen (secondary N) is 1. The van der Waals surface area contributed by atoms with E-state index in [1.807, 2.05) is 0 Å². The van der Waals surface area contributed by atoms with Crippen LogP contribution in [0, 0.1) is 5.92 Å². The molecule has 0 aliphatic carbocycles. The first-order valence-electron chi connectivity index (χ1n) is 6.78. The van der Waals surface area contributed by atoms with Crippen LogP contribution in [0.25, 0.3) is 0 Å². The number of carbonyl (C=O) groups excluding carboxylic acids is 1. The summed E-state index contributed by atoms with van der Waals surface area (Å²) in [7, 11) is 0. The maximum absolute atomic E-state index is 11.5. The van der Waals surface area contributed by atoms with Gasteiger partial charge in [0.1, 0.15) is 0 Å². The van der Waals surface area contributed by atoms with Gasteiger partial charge in [-0.1, -0.05) is 19.8 Å². The van der Waals surface area contributed by atoms with Gasteiger partial charge in [0.05, 0.1) is 0 Å². The van der Waals surface area contributed by atoms with E-state index >= 15 is 0 Å². The third-order valence-corrected chi connectivity index (χ3v) is 2.93. The summed E-state index contributed by atoms with van der Waals surface area (Å²) in [6, 6.07) is 0. The maximum atomic E-state index is 11.5. The molecule has 0 fully saturated rings. The summed E-state index contributed by atoms with van der Waals surface area (Å²) >= 11 is 0. The summed E-state index contributed by atoms with van der Waals surface area (Å²) in [5.74, 6) is 0.686. The predicted molar refractivity (Wildman–Crippen MR) is 70.6 cm³/mol. The van der Waals surface area contributed by atoms with Gasteiger partial charge in [-0.05, 0) is 38.1 Å². The average Bonchev–Trinajstić information content (AvgIpc) is 2.31. The fourth-order valence-corrected chi connectivity index (χ4v) is 1.71. The summed E-state index contributed by atoms with van der Waals surface area (Å²) in [5, 5.41) is 11.5. The first-order valence-corrected chi connectivity index (χ1v) is 6.78. The Kier molecular flexibility index (Phi) is 11.4. The van der Waals surface area contributed by atoms with Crippen molar-refractivity contribution in [2.45, 2.75) is 51.9 Å². The molecule has 4 heteroatoms. The highest BCUT2D eigenvalue weighted by Gasteiger charge is 2.05. The average molecular weight is 244 g/mol. The number of hydrogen-bond donors (Lipinski definition) is 3. The Balaban J connectivity index is 3.28. The van der Waals surface area contributed by atoms with E-state index in [1.54, 1.807) is 0 Å². The van der Waals surface area contributed by atoms with Crippen molar-refractivity contribution in [3.63, 3.8) is 0 Å². The lowest BCUT2D eigenvalue weighted by Crippen LogP contribution is -2.24. The van der Waals surface area contributed by atoms with E-state index in [-0.39, 0.29) is 12.5 Å². The van der Waals surface area contributed by atoms with Crippen molar-refractivity contribution < 1.29 is 9.90 Å². The summed E-state index contributed by atoms with van der Waals surface area (Å²) in [4.78, 5) is 11.5. The highest BCUT2D eigenvalue weighted by atomic mass is 16.2. The Bertz CT molecular complexity index is 186. The SMILES string of the molecule is CC(CCN)CCC(=O)NCCCCCCO. The molecule has 0 heterocycles. The second-order valence-electron chi connectivity index (χ2n) is 4.71. The summed E-state index contributed by atoms with van der Waals surface area (Å²) in [6.45, 7) is 3.86. The highest BCUT2D eigenvalue weighted by molar-refractivity contribution is 5.75. The van der Waals surface area contributed by atoms with Crippen molar-refractivity contribution in [1.29, 1.82) is 0 Å². The number of aliphatic hydroxyl groups is 1. The van der Waals surface area contributed by atoms with Gasteiger partial charge in [-0.25, -0.2) is 0 Å². The van der Waals surface area contributed by atoms with Crippen LogP contribution in [-0.2, 0) is 4.79 Å². The van der Waals surface area contributed by atoms with Gasteiger partial charge in [0.2, 0.25) is 5.91 Å². The molecule has 0 rings (SSSR count). The Morgan fingerprint density at radius 3 is 2.59 bits per heavy atom. The molecule has 0 saturated heterocycles. The second-order valence-corrected chi connectivity index (χ2v) is 4.71. The smallest absolute Gasteiger partial charge is 0.220 e. The van der Waals surface area contributed by atoms with Crippen LogP contribution in [0.1, 0.15) is 51.9 Å². The molecule has 0 radical (unpaired) electrons. The summed E-state index contributed by atoms with van der Waals surface area (Å²) < 4.78 is 0. The molecule has 0 aliphatic rings. The van der Waals surface area contributed by atoms with Crippen LogP contribution in [0.15, 0.2) is 0 Å². The normalized spacial score (nSPS) is 12.4. The van der Waals surface area contributed by atoms with Crippen LogP contribution in [-0.4, -0.2) is 30.7 Å². The number of aliphatic hydroxyl groups excluding tert-OH is 1. The first-order chi connectivity index (χ1) is 8.20. The topological polar surface area (TPSA) is 75.4 Å². The van der Waals surface area contributed by atoms with Crippen molar-refractivity contribution >= 4 is 5.91 Å². The van der Waals surface area contributed by atoms with Gasteiger partial charge >= 0.3 is 0 Å². The molecule has 0 saturated carbocycles. The summed E-state index contributed by atoms with van der Waals surface area (Å²) in [5.41, 5.74) is 5.46. The third-order valence-electron chi connectivity index (χ3n) is 2.93. The van der Waals surface area contributed by atoms with E-state index in [4.69, 9.17) is 10.8 Å². The van der Waals surface area contributed by atoms with Crippen LogP contribution < -0.4 is 11.1 Å². The fraction of sp³-hybridized carbons (Fsp3) is 0.923. The second kappa shape index (κ2) is 11.9. The molecule has 0 bridgehead atoms. The quantitative estimate of drug-likeness (QED) is 0.481. The lowest BCUT2D eigenvalue weighted by atomic mass is 10.0. The molecule has 102 valence electrons. The van der Waals surface area contributed by atoms with Crippen LogP contribution in [0.4, 0.5) is 0 Å². The molecule has 0 spiro atoms. The highest BCUT2D eigenvalue weighted by Crippen LogP contribution is 2.08. The predicted octanol–water partition coefficient (Wildman–Crippen LogP) is 1.42. The Morgan fingerprint density at radius 2 is 1.94 bits per heavy atom. The minimum atomic E-state index is 0.149. The van der Waals surface area contributed by atoms with Crippen molar-refractivity contribution in [3.05, 3.63) is 0 Å². The molecule has 0 aromatic heterocycles. The van der Waals surface area contributed by atoms with E-state index in [2.05, 4.69) is 12.2 Å². The molecule has 0 aromatic carbocycles. The molecular formula is C13H28N2O2. The number of unbranched alkanes of at least 4 members (excludes halogenated alkanes) is 3. The lowest BCUT2D eigenvalue weighted by Gasteiger charge is -2.09. The van der Waals surface area contributed by atoms with E-state index in [0.717, 1.165) is 45.1 Å². The van der Waals surface area contributed by atoms with Gasteiger partial charge < -0.3 is 16.2 Å².